The highest BCUT2D eigenvalue weighted by Crippen LogP contribution is 2.33. The number of nitrogens with zero attached hydrogens (tertiary/aromatic N) is 1. The van der Waals surface area contributed by atoms with Crippen LogP contribution >= 0.6 is 32.3 Å². The number of ether oxygens (including phenoxy) is 2. The standard InChI is InChI=1S/C13H14ClNO3S2/c1-15(12-11(14)13(16)20-19-12)7-8-4-5-9(17-2)10(6-8)18-3/h4-6H,7H2,1-3H3. The van der Waals surface area contributed by atoms with Crippen LogP contribution in [0.15, 0.2) is 23.0 Å². The van der Waals surface area contributed by atoms with Crippen molar-refractivity contribution in [2.45, 2.75) is 6.54 Å². The van der Waals surface area contributed by atoms with Gasteiger partial charge in [0, 0.05) is 13.6 Å². The van der Waals surface area contributed by atoms with Gasteiger partial charge in [0.05, 0.1) is 14.2 Å². The molecule has 0 amide bonds. The van der Waals surface area contributed by atoms with E-state index in [9.17, 15) is 4.79 Å². The van der Waals surface area contributed by atoms with Crippen LogP contribution in [-0.2, 0) is 6.54 Å². The lowest BCUT2D eigenvalue weighted by atomic mass is 10.2. The number of anilines is 1. The zero-order valence-corrected chi connectivity index (χ0v) is 13.7. The van der Waals surface area contributed by atoms with Gasteiger partial charge in [0.25, 0.3) is 4.74 Å². The highest BCUT2D eigenvalue weighted by Gasteiger charge is 2.14. The zero-order chi connectivity index (χ0) is 14.7. The van der Waals surface area contributed by atoms with Gasteiger partial charge in [-0.25, -0.2) is 0 Å². The van der Waals surface area contributed by atoms with Gasteiger partial charge in [-0.15, -0.1) is 0 Å². The summed E-state index contributed by atoms with van der Waals surface area (Å²) < 4.78 is 10.4. The molecule has 0 saturated heterocycles. The molecule has 0 radical (unpaired) electrons. The van der Waals surface area contributed by atoms with E-state index in [-0.39, 0.29) is 4.74 Å². The number of rotatable bonds is 5. The SMILES string of the molecule is COc1ccc(CN(C)c2ssc(=O)c2Cl)cc1OC. The summed E-state index contributed by atoms with van der Waals surface area (Å²) in [7, 11) is 7.65. The van der Waals surface area contributed by atoms with Crippen molar-refractivity contribution >= 4 is 37.3 Å². The van der Waals surface area contributed by atoms with Crippen LogP contribution in [0.5, 0.6) is 11.5 Å². The maximum absolute atomic E-state index is 11.4. The summed E-state index contributed by atoms with van der Waals surface area (Å²) in [6, 6.07) is 5.74. The largest absolute Gasteiger partial charge is 0.493 e. The number of halogens is 1. The minimum atomic E-state index is -0.0918. The highest BCUT2D eigenvalue weighted by molar-refractivity contribution is 7.70. The molecule has 108 valence electrons. The van der Waals surface area contributed by atoms with E-state index >= 15 is 0 Å². The molecular weight excluding hydrogens is 318 g/mol. The van der Waals surface area contributed by atoms with E-state index in [0.717, 1.165) is 20.9 Å². The molecule has 0 bridgehead atoms. The molecule has 2 rings (SSSR count). The third kappa shape index (κ3) is 3.08. The number of hydrogen-bond acceptors (Lipinski definition) is 6. The first-order valence-corrected chi connectivity index (χ1v) is 8.30. The van der Waals surface area contributed by atoms with Crippen LogP contribution in [0.1, 0.15) is 5.56 Å². The fourth-order valence-electron chi connectivity index (χ4n) is 1.79. The zero-order valence-electron chi connectivity index (χ0n) is 11.3. The Kier molecular flexibility index (Phi) is 4.91. The second-order valence-corrected chi connectivity index (χ2v) is 6.59. The van der Waals surface area contributed by atoms with Crippen molar-refractivity contribution in [3.63, 3.8) is 0 Å². The lowest BCUT2D eigenvalue weighted by Crippen LogP contribution is -2.16. The Morgan fingerprint density at radius 1 is 1.20 bits per heavy atom. The third-order valence-electron chi connectivity index (χ3n) is 2.78. The number of hydrogen-bond donors (Lipinski definition) is 0. The molecule has 0 spiro atoms. The maximum atomic E-state index is 11.4. The molecule has 0 aliphatic carbocycles. The van der Waals surface area contributed by atoms with E-state index in [2.05, 4.69) is 0 Å². The van der Waals surface area contributed by atoms with Crippen molar-refractivity contribution in [3.05, 3.63) is 38.3 Å². The maximum Gasteiger partial charge on any atom is 0.263 e. The van der Waals surface area contributed by atoms with Crippen LogP contribution in [0.4, 0.5) is 5.00 Å². The minimum Gasteiger partial charge on any atom is -0.493 e. The molecule has 20 heavy (non-hydrogen) atoms. The van der Waals surface area contributed by atoms with E-state index in [4.69, 9.17) is 21.1 Å². The first kappa shape index (κ1) is 15.2. The van der Waals surface area contributed by atoms with Gasteiger partial charge in [-0.2, -0.15) is 0 Å². The molecule has 7 heteroatoms. The molecule has 0 unspecified atom stereocenters. The summed E-state index contributed by atoms with van der Waals surface area (Å²) in [4.78, 5) is 13.4. The Morgan fingerprint density at radius 3 is 2.45 bits per heavy atom. The Balaban J connectivity index is 2.21. The van der Waals surface area contributed by atoms with Crippen molar-refractivity contribution in [1.82, 2.24) is 0 Å². The van der Waals surface area contributed by atoms with E-state index in [0.29, 0.717) is 23.1 Å². The summed E-state index contributed by atoms with van der Waals surface area (Å²) in [6.45, 7) is 0.632. The third-order valence-corrected chi connectivity index (χ3v) is 5.64. The van der Waals surface area contributed by atoms with Crippen LogP contribution in [0.2, 0.25) is 5.02 Å². The van der Waals surface area contributed by atoms with Crippen molar-refractivity contribution in [1.29, 1.82) is 0 Å². The first-order chi connectivity index (χ1) is 9.56. The molecule has 2 aromatic rings. The number of methoxy groups -OCH3 is 2. The normalized spacial score (nSPS) is 10.4. The van der Waals surface area contributed by atoms with Gasteiger partial charge in [-0.1, -0.05) is 28.0 Å². The minimum absolute atomic E-state index is 0.0918. The molecule has 1 heterocycles. The van der Waals surface area contributed by atoms with Crippen molar-refractivity contribution in [3.8, 4) is 11.5 Å². The van der Waals surface area contributed by atoms with Crippen LogP contribution in [0.3, 0.4) is 0 Å². The number of benzene rings is 1. The monoisotopic (exact) mass is 331 g/mol. The van der Waals surface area contributed by atoms with Gasteiger partial charge >= 0.3 is 0 Å². The van der Waals surface area contributed by atoms with Crippen LogP contribution < -0.4 is 19.1 Å². The highest BCUT2D eigenvalue weighted by atomic mass is 35.5. The summed E-state index contributed by atoms with van der Waals surface area (Å²) in [5.41, 5.74) is 1.05. The lowest BCUT2D eigenvalue weighted by Gasteiger charge is -2.18. The second kappa shape index (κ2) is 6.47. The van der Waals surface area contributed by atoms with Gasteiger partial charge in [0.1, 0.15) is 10.0 Å². The molecule has 0 aliphatic heterocycles. The van der Waals surface area contributed by atoms with E-state index < -0.39 is 0 Å². The predicted molar refractivity (Wildman–Crippen MR) is 85.1 cm³/mol. The average molecular weight is 332 g/mol. The van der Waals surface area contributed by atoms with Gasteiger partial charge < -0.3 is 14.4 Å². The van der Waals surface area contributed by atoms with Crippen molar-refractivity contribution < 1.29 is 9.47 Å². The molecule has 0 saturated carbocycles. The molecule has 1 aromatic carbocycles. The summed E-state index contributed by atoms with van der Waals surface area (Å²) >= 11 is 6.00. The van der Waals surface area contributed by atoms with E-state index in [1.54, 1.807) is 14.2 Å². The fourth-order valence-corrected chi connectivity index (χ4v) is 4.54. The first-order valence-electron chi connectivity index (χ1n) is 5.77. The Bertz CT molecular complexity index is 653. The van der Waals surface area contributed by atoms with Crippen LogP contribution in [0, 0.1) is 0 Å². The Morgan fingerprint density at radius 2 is 1.90 bits per heavy atom. The Labute approximate surface area is 129 Å². The fraction of sp³-hybridized carbons (Fsp3) is 0.308. The topological polar surface area (TPSA) is 38.8 Å². The quantitative estimate of drug-likeness (QED) is 0.786. The van der Waals surface area contributed by atoms with Crippen molar-refractivity contribution in [2.24, 2.45) is 0 Å². The van der Waals surface area contributed by atoms with Gasteiger partial charge in [-0.05, 0) is 28.0 Å². The van der Waals surface area contributed by atoms with Gasteiger partial charge in [0.15, 0.2) is 11.5 Å². The van der Waals surface area contributed by atoms with Crippen LogP contribution in [-0.4, -0.2) is 21.3 Å². The molecule has 0 aliphatic rings. The Hall–Kier alpha value is -1.24. The van der Waals surface area contributed by atoms with E-state index in [1.807, 2.05) is 30.1 Å². The van der Waals surface area contributed by atoms with Gasteiger partial charge in [0.2, 0.25) is 0 Å². The molecule has 0 fully saturated rings. The molecular formula is C13H14ClNO3S2. The molecule has 1 aromatic heterocycles. The summed E-state index contributed by atoms with van der Waals surface area (Å²) in [5, 5.41) is 1.08. The summed E-state index contributed by atoms with van der Waals surface area (Å²) in [6.07, 6.45) is 0. The smallest absolute Gasteiger partial charge is 0.263 e. The van der Waals surface area contributed by atoms with Crippen LogP contribution in [0.25, 0.3) is 0 Å². The second-order valence-electron chi connectivity index (χ2n) is 4.12. The van der Waals surface area contributed by atoms with Crippen molar-refractivity contribution in [2.75, 3.05) is 26.2 Å². The average Bonchev–Trinajstić information content (AvgIpc) is 2.79. The lowest BCUT2D eigenvalue weighted by molar-refractivity contribution is 0.354. The molecule has 4 nitrogen and oxygen atoms in total. The van der Waals surface area contributed by atoms with Gasteiger partial charge in [-0.3, -0.25) is 4.79 Å². The molecule has 0 atom stereocenters. The summed E-state index contributed by atoms with van der Waals surface area (Å²) in [5.74, 6) is 1.38. The van der Waals surface area contributed by atoms with E-state index in [1.165, 1.54) is 10.3 Å². The predicted octanol–water partition coefficient (Wildman–Crippen LogP) is 3.48. The molecule has 0 N–H and O–H groups in total.